The van der Waals surface area contributed by atoms with Gasteiger partial charge in [-0.2, -0.15) is 0 Å². The van der Waals surface area contributed by atoms with E-state index in [0.29, 0.717) is 12.1 Å². The maximum Gasteiger partial charge on any atom is 0.244 e. The van der Waals surface area contributed by atoms with Gasteiger partial charge in [0.25, 0.3) is 0 Å². The Kier molecular flexibility index (Phi) is 5.28. The number of carbonyl (C=O) groups excluding carboxylic acids is 1. The Morgan fingerprint density at radius 3 is 2.67 bits per heavy atom. The Labute approximate surface area is 131 Å². The van der Waals surface area contributed by atoms with Crippen LogP contribution in [0.15, 0.2) is 53.0 Å². The van der Waals surface area contributed by atoms with E-state index < -0.39 is 0 Å². The van der Waals surface area contributed by atoms with E-state index in [0.717, 1.165) is 10.0 Å². The number of carbonyl (C=O) groups is 1. The molecule has 0 aliphatic carbocycles. The van der Waals surface area contributed by atoms with Crippen molar-refractivity contribution in [1.82, 2.24) is 5.32 Å². The molecule has 0 bridgehead atoms. The first kappa shape index (κ1) is 15.4. The normalized spacial score (nSPS) is 10.8. The number of hydrogen-bond acceptors (Lipinski definition) is 1. The molecule has 21 heavy (non-hydrogen) atoms. The van der Waals surface area contributed by atoms with Crippen molar-refractivity contribution in [3.63, 3.8) is 0 Å². The fourth-order valence-electron chi connectivity index (χ4n) is 1.76. The molecular weight excluding hydrogens is 333 g/mol. The Morgan fingerprint density at radius 1 is 1.24 bits per heavy atom. The van der Waals surface area contributed by atoms with Gasteiger partial charge in [0.2, 0.25) is 5.91 Å². The average Bonchev–Trinajstić information content (AvgIpc) is 2.47. The predicted molar refractivity (Wildman–Crippen MR) is 86.2 cm³/mol. The summed E-state index contributed by atoms with van der Waals surface area (Å²) in [6, 6.07) is 12.5. The zero-order valence-electron chi connectivity index (χ0n) is 11.6. The monoisotopic (exact) mass is 347 g/mol. The zero-order chi connectivity index (χ0) is 15.2. The van der Waals surface area contributed by atoms with Crippen molar-refractivity contribution < 1.29 is 9.18 Å². The summed E-state index contributed by atoms with van der Waals surface area (Å²) in [7, 11) is 0. The van der Waals surface area contributed by atoms with Crippen LogP contribution in [0, 0.1) is 12.7 Å². The molecule has 2 rings (SSSR count). The Hall–Kier alpha value is -1.94. The van der Waals surface area contributed by atoms with E-state index >= 15 is 0 Å². The molecule has 0 radical (unpaired) electrons. The van der Waals surface area contributed by atoms with Gasteiger partial charge in [0.05, 0.1) is 0 Å². The smallest absolute Gasteiger partial charge is 0.244 e. The summed E-state index contributed by atoms with van der Waals surface area (Å²) < 4.78 is 14.3. The van der Waals surface area contributed by atoms with E-state index in [9.17, 15) is 9.18 Å². The summed E-state index contributed by atoms with van der Waals surface area (Å²) >= 11 is 3.27. The van der Waals surface area contributed by atoms with Crippen molar-refractivity contribution >= 4 is 27.9 Å². The van der Waals surface area contributed by atoms with E-state index in [1.54, 1.807) is 12.1 Å². The van der Waals surface area contributed by atoms with Gasteiger partial charge in [0.15, 0.2) is 0 Å². The molecule has 2 aromatic rings. The minimum atomic E-state index is -0.360. The SMILES string of the molecule is Cc1ccc(CNC(=O)/C=C/c2cc(Br)ccc2F)cc1. The van der Waals surface area contributed by atoms with Crippen molar-refractivity contribution in [2.24, 2.45) is 0 Å². The fourth-order valence-corrected chi connectivity index (χ4v) is 2.14. The molecule has 0 fully saturated rings. The van der Waals surface area contributed by atoms with Gasteiger partial charge in [-0.05, 0) is 36.8 Å². The minimum absolute atomic E-state index is 0.255. The summed E-state index contributed by atoms with van der Waals surface area (Å²) in [5.41, 5.74) is 2.57. The molecule has 0 saturated carbocycles. The van der Waals surface area contributed by atoms with Crippen LogP contribution in [0.1, 0.15) is 16.7 Å². The van der Waals surface area contributed by atoms with Crippen LogP contribution in [0.3, 0.4) is 0 Å². The van der Waals surface area contributed by atoms with E-state index in [1.807, 2.05) is 31.2 Å². The molecule has 0 aliphatic rings. The second kappa shape index (κ2) is 7.18. The van der Waals surface area contributed by atoms with E-state index in [-0.39, 0.29) is 11.7 Å². The second-order valence-electron chi connectivity index (χ2n) is 4.70. The molecular formula is C17H15BrFNO. The topological polar surface area (TPSA) is 29.1 Å². The van der Waals surface area contributed by atoms with Crippen molar-refractivity contribution in [1.29, 1.82) is 0 Å². The Balaban J connectivity index is 1.93. The van der Waals surface area contributed by atoms with Gasteiger partial charge in [-0.3, -0.25) is 4.79 Å². The third-order valence-electron chi connectivity index (χ3n) is 2.96. The van der Waals surface area contributed by atoms with Crippen LogP contribution >= 0.6 is 15.9 Å². The number of hydrogen-bond donors (Lipinski definition) is 1. The van der Waals surface area contributed by atoms with Gasteiger partial charge in [-0.1, -0.05) is 45.8 Å². The number of amides is 1. The summed E-state index contributed by atoms with van der Waals surface area (Å²) in [4.78, 5) is 11.7. The first-order chi connectivity index (χ1) is 10.0. The van der Waals surface area contributed by atoms with E-state index in [4.69, 9.17) is 0 Å². The van der Waals surface area contributed by atoms with Crippen LogP contribution < -0.4 is 5.32 Å². The highest BCUT2D eigenvalue weighted by atomic mass is 79.9. The predicted octanol–water partition coefficient (Wildman–Crippen LogP) is 4.23. The first-order valence-electron chi connectivity index (χ1n) is 6.51. The maximum atomic E-state index is 13.5. The van der Waals surface area contributed by atoms with Crippen molar-refractivity contribution in [2.45, 2.75) is 13.5 Å². The van der Waals surface area contributed by atoms with Crippen LogP contribution in [0.4, 0.5) is 4.39 Å². The molecule has 4 heteroatoms. The van der Waals surface area contributed by atoms with Gasteiger partial charge in [-0.25, -0.2) is 4.39 Å². The number of rotatable bonds is 4. The molecule has 1 N–H and O–H groups in total. The fraction of sp³-hybridized carbons (Fsp3) is 0.118. The molecule has 1 amide bonds. The van der Waals surface area contributed by atoms with E-state index in [2.05, 4.69) is 21.2 Å². The molecule has 0 unspecified atom stereocenters. The largest absolute Gasteiger partial charge is 0.348 e. The molecule has 0 atom stereocenters. The highest BCUT2D eigenvalue weighted by Crippen LogP contribution is 2.16. The zero-order valence-corrected chi connectivity index (χ0v) is 13.2. The molecule has 0 heterocycles. The molecule has 0 aromatic heterocycles. The van der Waals surface area contributed by atoms with Crippen molar-refractivity contribution in [2.75, 3.05) is 0 Å². The Bertz CT molecular complexity index is 665. The second-order valence-corrected chi connectivity index (χ2v) is 5.62. The molecule has 0 aliphatic heterocycles. The average molecular weight is 348 g/mol. The summed E-state index contributed by atoms with van der Waals surface area (Å²) in [6.45, 7) is 2.46. The highest BCUT2D eigenvalue weighted by Gasteiger charge is 2.01. The number of aryl methyl sites for hydroxylation is 1. The van der Waals surface area contributed by atoms with Crippen LogP contribution in [0.2, 0.25) is 0 Å². The molecule has 2 nitrogen and oxygen atoms in total. The van der Waals surface area contributed by atoms with Gasteiger partial charge in [-0.15, -0.1) is 0 Å². The maximum absolute atomic E-state index is 13.5. The standard InChI is InChI=1S/C17H15BrFNO/c1-12-2-4-13(5-3-12)11-20-17(21)9-6-14-10-15(18)7-8-16(14)19/h2-10H,11H2,1H3,(H,20,21)/b9-6+. The third kappa shape index (κ3) is 4.83. The van der Waals surface area contributed by atoms with Crippen LogP contribution in [-0.4, -0.2) is 5.91 Å². The van der Waals surface area contributed by atoms with Crippen molar-refractivity contribution in [3.8, 4) is 0 Å². The quantitative estimate of drug-likeness (QED) is 0.824. The summed E-state index contributed by atoms with van der Waals surface area (Å²) in [6.07, 6.45) is 2.80. The number of nitrogens with one attached hydrogen (secondary N) is 1. The van der Waals surface area contributed by atoms with Gasteiger partial charge in [0, 0.05) is 22.7 Å². The lowest BCUT2D eigenvalue weighted by Crippen LogP contribution is -2.20. The molecule has 0 spiro atoms. The van der Waals surface area contributed by atoms with Crippen LogP contribution in [0.25, 0.3) is 6.08 Å². The van der Waals surface area contributed by atoms with Crippen LogP contribution in [0.5, 0.6) is 0 Å². The van der Waals surface area contributed by atoms with Crippen LogP contribution in [-0.2, 0) is 11.3 Å². The lowest BCUT2D eigenvalue weighted by atomic mass is 10.1. The number of benzene rings is 2. The van der Waals surface area contributed by atoms with Gasteiger partial charge >= 0.3 is 0 Å². The minimum Gasteiger partial charge on any atom is -0.348 e. The third-order valence-corrected chi connectivity index (χ3v) is 3.45. The molecule has 0 saturated heterocycles. The van der Waals surface area contributed by atoms with Gasteiger partial charge in [0.1, 0.15) is 5.82 Å². The molecule has 2 aromatic carbocycles. The lowest BCUT2D eigenvalue weighted by Gasteiger charge is -2.03. The Morgan fingerprint density at radius 2 is 1.95 bits per heavy atom. The van der Waals surface area contributed by atoms with Crippen molar-refractivity contribution in [3.05, 3.63) is 75.5 Å². The summed E-state index contributed by atoms with van der Waals surface area (Å²) in [5, 5.41) is 2.76. The first-order valence-corrected chi connectivity index (χ1v) is 7.30. The number of halogens is 2. The lowest BCUT2D eigenvalue weighted by molar-refractivity contribution is -0.116. The van der Waals surface area contributed by atoms with Gasteiger partial charge < -0.3 is 5.32 Å². The molecule has 108 valence electrons. The highest BCUT2D eigenvalue weighted by molar-refractivity contribution is 9.10. The van der Waals surface area contributed by atoms with E-state index in [1.165, 1.54) is 23.8 Å². The summed E-state index contributed by atoms with van der Waals surface area (Å²) in [5.74, 6) is -0.615.